The van der Waals surface area contributed by atoms with Gasteiger partial charge in [-0.2, -0.15) is 0 Å². The second-order valence-corrected chi connectivity index (χ2v) is 10.6. The maximum atomic E-state index is 10.7. The molecule has 0 amide bonds. The third-order valence-corrected chi connectivity index (χ3v) is 7.42. The monoisotopic (exact) mass is 570 g/mol. The first-order valence-electron chi connectivity index (χ1n) is 14.2. The van der Waals surface area contributed by atoms with Crippen LogP contribution >= 0.6 is 0 Å². The standard InChI is InChI=1S/C31H42N2O8/c1-6-21(7-2)39-23-14-10-20(11-15-23)26-24(16-19-8-12-22(38-5)13-9-19)30(32-33(26)18(3)4)41-31-29(37)28(36)27(35)25(17-34)40-31/h8-15,18,21,25,27-29,31,34-37H,6-7,16-17H2,1-5H3/t25-,27-,28+,29-,31+/m1/s1. The van der Waals surface area contributed by atoms with Gasteiger partial charge in [-0.25, -0.2) is 0 Å². The Hall–Kier alpha value is -3.15. The number of aliphatic hydroxyl groups excluding tert-OH is 4. The van der Waals surface area contributed by atoms with Crippen molar-refractivity contribution in [1.82, 2.24) is 9.78 Å². The van der Waals surface area contributed by atoms with Crippen LogP contribution in [0, 0.1) is 0 Å². The van der Waals surface area contributed by atoms with E-state index in [2.05, 4.69) is 13.8 Å². The fourth-order valence-electron chi connectivity index (χ4n) is 4.94. The molecule has 1 aromatic heterocycles. The molecule has 4 N–H and O–H groups in total. The van der Waals surface area contributed by atoms with E-state index in [1.165, 1.54) is 0 Å². The summed E-state index contributed by atoms with van der Waals surface area (Å²) in [7, 11) is 1.61. The number of nitrogens with zero attached hydrogens (tertiary/aromatic N) is 2. The van der Waals surface area contributed by atoms with Crippen LogP contribution in [0.25, 0.3) is 11.3 Å². The Labute approximate surface area is 241 Å². The number of methoxy groups -OCH3 is 1. The van der Waals surface area contributed by atoms with Gasteiger partial charge in [-0.15, -0.1) is 5.10 Å². The van der Waals surface area contributed by atoms with E-state index < -0.39 is 37.3 Å². The first-order valence-corrected chi connectivity index (χ1v) is 14.2. The average molecular weight is 571 g/mol. The molecule has 2 aromatic carbocycles. The van der Waals surface area contributed by atoms with E-state index in [0.29, 0.717) is 6.42 Å². The van der Waals surface area contributed by atoms with Crippen molar-refractivity contribution >= 4 is 0 Å². The van der Waals surface area contributed by atoms with Crippen molar-refractivity contribution < 1.29 is 39.4 Å². The molecule has 10 heteroatoms. The molecule has 1 aliphatic heterocycles. The van der Waals surface area contributed by atoms with Gasteiger partial charge in [0.1, 0.15) is 35.9 Å². The second kappa shape index (κ2) is 13.7. The van der Waals surface area contributed by atoms with E-state index in [0.717, 1.165) is 46.7 Å². The van der Waals surface area contributed by atoms with Gasteiger partial charge in [0, 0.05) is 23.6 Å². The Bertz CT molecular complexity index is 1240. The summed E-state index contributed by atoms with van der Waals surface area (Å²) in [6.45, 7) is 7.67. The molecular formula is C31H42N2O8. The van der Waals surface area contributed by atoms with E-state index in [9.17, 15) is 20.4 Å². The van der Waals surface area contributed by atoms with Crippen LogP contribution in [0.3, 0.4) is 0 Å². The highest BCUT2D eigenvalue weighted by atomic mass is 16.7. The number of ether oxygens (including phenoxy) is 4. The smallest absolute Gasteiger partial charge is 0.239 e. The first-order chi connectivity index (χ1) is 19.7. The Balaban J connectivity index is 1.77. The third-order valence-electron chi connectivity index (χ3n) is 7.42. The fourth-order valence-corrected chi connectivity index (χ4v) is 4.94. The van der Waals surface area contributed by atoms with Crippen LogP contribution in [-0.4, -0.2) is 80.7 Å². The highest BCUT2D eigenvalue weighted by Crippen LogP contribution is 2.37. The lowest BCUT2D eigenvalue weighted by Gasteiger charge is -2.39. The topological polar surface area (TPSA) is 136 Å². The minimum Gasteiger partial charge on any atom is -0.497 e. The van der Waals surface area contributed by atoms with Crippen LogP contribution < -0.4 is 14.2 Å². The van der Waals surface area contributed by atoms with Crippen molar-refractivity contribution in [3.05, 3.63) is 59.7 Å². The van der Waals surface area contributed by atoms with Gasteiger partial charge in [0.25, 0.3) is 0 Å². The van der Waals surface area contributed by atoms with Crippen LogP contribution in [0.5, 0.6) is 17.4 Å². The quantitative estimate of drug-likeness (QED) is 0.258. The van der Waals surface area contributed by atoms with Crippen LogP contribution in [0.2, 0.25) is 0 Å². The molecule has 4 rings (SSSR count). The third kappa shape index (κ3) is 6.85. The maximum absolute atomic E-state index is 10.7. The zero-order valence-corrected chi connectivity index (χ0v) is 24.3. The summed E-state index contributed by atoms with van der Waals surface area (Å²) in [5.41, 5.74) is 3.44. The maximum Gasteiger partial charge on any atom is 0.239 e. The summed E-state index contributed by atoms with van der Waals surface area (Å²) in [5, 5.41) is 45.6. The SMILES string of the molecule is CCC(CC)Oc1ccc(-c2c(Cc3ccc(OC)cc3)c(O[C@@H]3O[C@H](CO)[C@@H](O)[C@H](O)[C@H]3O)nn2C(C)C)cc1. The molecular weight excluding hydrogens is 528 g/mol. The number of rotatable bonds is 12. The van der Waals surface area contributed by atoms with Crippen molar-refractivity contribution in [3.63, 3.8) is 0 Å². The Kier molecular flexibility index (Phi) is 10.3. The number of hydrogen-bond donors (Lipinski definition) is 4. The van der Waals surface area contributed by atoms with E-state index in [1.54, 1.807) is 7.11 Å². The van der Waals surface area contributed by atoms with E-state index in [4.69, 9.17) is 24.0 Å². The van der Waals surface area contributed by atoms with Gasteiger partial charge in [0.2, 0.25) is 12.2 Å². The van der Waals surface area contributed by atoms with Crippen LogP contribution in [0.4, 0.5) is 0 Å². The minimum absolute atomic E-state index is 0.0488. The van der Waals surface area contributed by atoms with Crippen molar-refractivity contribution in [3.8, 4) is 28.6 Å². The largest absolute Gasteiger partial charge is 0.497 e. The van der Waals surface area contributed by atoms with Gasteiger partial charge in [0.05, 0.1) is 25.5 Å². The average Bonchev–Trinajstić information content (AvgIpc) is 3.34. The second-order valence-electron chi connectivity index (χ2n) is 10.6. The molecule has 1 aliphatic rings. The van der Waals surface area contributed by atoms with Gasteiger partial charge >= 0.3 is 0 Å². The molecule has 41 heavy (non-hydrogen) atoms. The summed E-state index contributed by atoms with van der Waals surface area (Å²) in [6.07, 6.45) is -4.65. The Morgan fingerprint density at radius 2 is 1.54 bits per heavy atom. The van der Waals surface area contributed by atoms with Crippen LogP contribution in [-0.2, 0) is 11.2 Å². The lowest BCUT2D eigenvalue weighted by molar-refractivity contribution is -0.278. The number of benzene rings is 2. The van der Waals surface area contributed by atoms with Crippen LogP contribution in [0.1, 0.15) is 57.7 Å². The van der Waals surface area contributed by atoms with E-state index in [-0.39, 0.29) is 18.0 Å². The molecule has 0 saturated carbocycles. The van der Waals surface area contributed by atoms with Gasteiger partial charge in [-0.1, -0.05) is 26.0 Å². The summed E-state index contributed by atoms with van der Waals surface area (Å²) in [6, 6.07) is 15.5. The summed E-state index contributed by atoms with van der Waals surface area (Å²) in [4.78, 5) is 0. The van der Waals surface area contributed by atoms with Gasteiger partial charge in [-0.05, 0) is 68.7 Å². The molecule has 1 fully saturated rings. The molecule has 0 radical (unpaired) electrons. The van der Waals surface area contributed by atoms with Crippen molar-refractivity contribution in [2.45, 2.75) is 89.8 Å². The fraction of sp³-hybridized carbons (Fsp3) is 0.516. The van der Waals surface area contributed by atoms with E-state index in [1.807, 2.05) is 67.1 Å². The molecule has 0 unspecified atom stereocenters. The highest BCUT2D eigenvalue weighted by molar-refractivity contribution is 5.68. The molecule has 3 aromatic rings. The predicted octanol–water partition coefficient (Wildman–Crippen LogP) is 3.48. The summed E-state index contributed by atoms with van der Waals surface area (Å²) >= 11 is 0. The lowest BCUT2D eigenvalue weighted by Crippen LogP contribution is -2.60. The molecule has 10 nitrogen and oxygen atoms in total. The summed E-state index contributed by atoms with van der Waals surface area (Å²) < 4.78 is 25.1. The summed E-state index contributed by atoms with van der Waals surface area (Å²) in [5.74, 6) is 1.73. The Morgan fingerprint density at radius 3 is 2.10 bits per heavy atom. The van der Waals surface area contributed by atoms with E-state index >= 15 is 0 Å². The molecule has 1 saturated heterocycles. The highest BCUT2D eigenvalue weighted by Gasteiger charge is 2.45. The number of hydrogen-bond acceptors (Lipinski definition) is 9. The zero-order chi connectivity index (χ0) is 29.7. The number of aliphatic hydroxyl groups is 4. The molecule has 0 spiro atoms. The van der Waals surface area contributed by atoms with Gasteiger partial charge < -0.3 is 39.4 Å². The first kappa shape index (κ1) is 30.8. The minimum atomic E-state index is -1.56. The Morgan fingerprint density at radius 1 is 0.902 bits per heavy atom. The molecule has 224 valence electrons. The van der Waals surface area contributed by atoms with Gasteiger partial charge in [-0.3, -0.25) is 4.68 Å². The van der Waals surface area contributed by atoms with Crippen molar-refractivity contribution in [2.24, 2.45) is 0 Å². The molecule has 0 bridgehead atoms. The zero-order valence-electron chi connectivity index (χ0n) is 24.3. The number of aromatic nitrogens is 2. The molecule has 0 aliphatic carbocycles. The van der Waals surface area contributed by atoms with Crippen molar-refractivity contribution in [1.29, 1.82) is 0 Å². The van der Waals surface area contributed by atoms with Crippen molar-refractivity contribution in [2.75, 3.05) is 13.7 Å². The molecule has 2 heterocycles. The predicted molar refractivity (Wildman–Crippen MR) is 153 cm³/mol. The van der Waals surface area contributed by atoms with Crippen LogP contribution in [0.15, 0.2) is 48.5 Å². The normalized spacial score (nSPS) is 22.8. The lowest BCUT2D eigenvalue weighted by atomic mass is 9.99. The molecule has 5 atom stereocenters. The van der Waals surface area contributed by atoms with Gasteiger partial charge in [0.15, 0.2) is 0 Å².